The number of nitrogens with zero attached hydrogens (tertiary/aromatic N) is 3. The lowest BCUT2D eigenvalue weighted by molar-refractivity contribution is 0.0789. The minimum atomic E-state index is 0.0735. The Morgan fingerprint density at radius 3 is 3.04 bits per heavy atom. The Bertz CT molecular complexity index is 769. The van der Waals surface area contributed by atoms with Crippen LogP contribution in [0.15, 0.2) is 28.8 Å². The molecule has 1 amide bonds. The molecule has 1 atom stereocenters. The summed E-state index contributed by atoms with van der Waals surface area (Å²) in [6.45, 7) is 4.84. The lowest BCUT2D eigenvalue weighted by Gasteiger charge is -2.16. The van der Waals surface area contributed by atoms with Crippen molar-refractivity contribution in [1.82, 2.24) is 15.0 Å². The quantitative estimate of drug-likeness (QED) is 0.714. The van der Waals surface area contributed by atoms with Gasteiger partial charge in [-0.2, -0.15) is 4.98 Å². The van der Waals surface area contributed by atoms with E-state index < -0.39 is 0 Å². The van der Waals surface area contributed by atoms with Crippen LogP contribution in [0.4, 0.5) is 0 Å². The van der Waals surface area contributed by atoms with E-state index in [4.69, 9.17) is 9.26 Å². The van der Waals surface area contributed by atoms with Gasteiger partial charge in [-0.25, -0.2) is 0 Å². The maximum Gasteiger partial charge on any atom is 0.253 e. The van der Waals surface area contributed by atoms with Gasteiger partial charge in [0.1, 0.15) is 0 Å². The minimum Gasteiger partial charge on any atom is -0.381 e. The number of carbonyl (C=O) groups excluding carboxylic acids is 1. The molecule has 0 N–H and O–H groups in total. The van der Waals surface area contributed by atoms with E-state index in [1.54, 1.807) is 0 Å². The van der Waals surface area contributed by atoms with E-state index in [0.29, 0.717) is 31.3 Å². The van der Waals surface area contributed by atoms with Gasteiger partial charge in [0.2, 0.25) is 5.89 Å². The molecular formula is C20H25N3O3. The molecule has 1 aliphatic heterocycles. The number of hydrogen-bond acceptors (Lipinski definition) is 5. The van der Waals surface area contributed by atoms with Crippen LogP contribution in [0.1, 0.15) is 52.8 Å². The zero-order chi connectivity index (χ0) is 17.9. The number of aryl methyl sites for hydroxylation is 1. The van der Waals surface area contributed by atoms with Crippen LogP contribution in [0.25, 0.3) is 0 Å². The van der Waals surface area contributed by atoms with Crippen LogP contribution in [0.2, 0.25) is 0 Å². The fraction of sp³-hybridized carbons (Fsp3) is 0.550. The van der Waals surface area contributed by atoms with E-state index in [0.717, 1.165) is 36.6 Å². The first-order valence-electron chi connectivity index (χ1n) is 9.45. The first kappa shape index (κ1) is 17.2. The molecule has 1 aromatic carbocycles. The number of aromatic nitrogens is 2. The van der Waals surface area contributed by atoms with Crippen molar-refractivity contribution in [1.29, 1.82) is 0 Å². The largest absolute Gasteiger partial charge is 0.381 e. The smallest absolute Gasteiger partial charge is 0.253 e. The van der Waals surface area contributed by atoms with Crippen LogP contribution in [0, 0.1) is 12.8 Å². The molecule has 1 saturated heterocycles. The van der Waals surface area contributed by atoms with Crippen molar-refractivity contribution in [3.63, 3.8) is 0 Å². The van der Waals surface area contributed by atoms with Crippen molar-refractivity contribution >= 4 is 5.91 Å². The van der Waals surface area contributed by atoms with Gasteiger partial charge in [-0.15, -0.1) is 0 Å². The van der Waals surface area contributed by atoms with Gasteiger partial charge in [0.25, 0.3) is 5.91 Å². The molecule has 1 unspecified atom stereocenters. The summed E-state index contributed by atoms with van der Waals surface area (Å²) in [6.07, 6.45) is 4.13. The lowest BCUT2D eigenvalue weighted by Crippen LogP contribution is -2.28. The van der Waals surface area contributed by atoms with Crippen LogP contribution in [-0.2, 0) is 11.2 Å². The molecular weight excluding hydrogens is 330 g/mol. The van der Waals surface area contributed by atoms with Gasteiger partial charge < -0.3 is 14.2 Å². The lowest BCUT2D eigenvalue weighted by atomic mass is 10.1. The maximum atomic E-state index is 12.7. The number of amides is 1. The Balaban J connectivity index is 1.30. The van der Waals surface area contributed by atoms with Crippen molar-refractivity contribution in [3.8, 4) is 0 Å². The average Bonchev–Trinajstić information content (AvgIpc) is 3.14. The van der Waals surface area contributed by atoms with Crippen LogP contribution < -0.4 is 0 Å². The monoisotopic (exact) mass is 355 g/mol. The van der Waals surface area contributed by atoms with E-state index in [2.05, 4.69) is 10.1 Å². The van der Waals surface area contributed by atoms with Crippen molar-refractivity contribution in [2.45, 2.75) is 38.5 Å². The molecule has 26 heavy (non-hydrogen) atoms. The molecule has 2 aliphatic rings. The van der Waals surface area contributed by atoms with Gasteiger partial charge in [-0.3, -0.25) is 4.79 Å². The van der Waals surface area contributed by atoms with Crippen molar-refractivity contribution in [2.75, 3.05) is 26.3 Å². The first-order chi connectivity index (χ1) is 12.7. The molecule has 6 heteroatoms. The SMILES string of the molecule is Cc1cccc(C(=O)N2CCC(c3nc(CCOCC4CC4)no3)C2)c1. The van der Waals surface area contributed by atoms with E-state index in [1.807, 2.05) is 36.1 Å². The summed E-state index contributed by atoms with van der Waals surface area (Å²) in [7, 11) is 0. The highest BCUT2D eigenvalue weighted by Gasteiger charge is 2.31. The van der Waals surface area contributed by atoms with Gasteiger partial charge >= 0.3 is 0 Å². The average molecular weight is 355 g/mol. The predicted molar refractivity (Wildman–Crippen MR) is 96.0 cm³/mol. The zero-order valence-corrected chi connectivity index (χ0v) is 15.2. The Kier molecular flexibility index (Phi) is 5.02. The number of ether oxygens (including phenoxy) is 1. The van der Waals surface area contributed by atoms with Gasteiger partial charge in [0, 0.05) is 31.7 Å². The topological polar surface area (TPSA) is 68.5 Å². The molecule has 2 aromatic rings. The van der Waals surface area contributed by atoms with E-state index in [-0.39, 0.29) is 11.8 Å². The Hall–Kier alpha value is -2.21. The van der Waals surface area contributed by atoms with Crippen LogP contribution in [0.3, 0.4) is 0 Å². The van der Waals surface area contributed by atoms with Crippen molar-refractivity contribution in [2.24, 2.45) is 5.92 Å². The van der Waals surface area contributed by atoms with Crippen LogP contribution >= 0.6 is 0 Å². The second-order valence-electron chi connectivity index (χ2n) is 7.42. The summed E-state index contributed by atoms with van der Waals surface area (Å²) in [5, 5.41) is 4.06. The highest BCUT2D eigenvalue weighted by Crippen LogP contribution is 2.29. The van der Waals surface area contributed by atoms with Crippen LogP contribution in [-0.4, -0.2) is 47.3 Å². The highest BCUT2D eigenvalue weighted by molar-refractivity contribution is 5.94. The van der Waals surface area contributed by atoms with E-state index in [1.165, 1.54) is 12.8 Å². The molecule has 1 saturated carbocycles. The molecule has 138 valence electrons. The summed E-state index contributed by atoms with van der Waals surface area (Å²) >= 11 is 0. The summed E-state index contributed by atoms with van der Waals surface area (Å²) < 4.78 is 11.1. The molecule has 4 rings (SSSR count). The van der Waals surface area contributed by atoms with Gasteiger partial charge in [-0.1, -0.05) is 22.9 Å². The molecule has 0 bridgehead atoms. The summed E-state index contributed by atoms with van der Waals surface area (Å²) in [5.74, 6) is 2.30. The van der Waals surface area contributed by atoms with Crippen LogP contribution in [0.5, 0.6) is 0 Å². The molecule has 0 spiro atoms. The second kappa shape index (κ2) is 7.58. The summed E-state index contributed by atoms with van der Waals surface area (Å²) in [6, 6.07) is 7.72. The number of carbonyl (C=O) groups is 1. The highest BCUT2D eigenvalue weighted by atomic mass is 16.5. The number of benzene rings is 1. The number of rotatable bonds is 7. The maximum absolute atomic E-state index is 12.7. The molecule has 1 aromatic heterocycles. The van der Waals surface area contributed by atoms with Crippen molar-refractivity contribution < 1.29 is 14.1 Å². The molecule has 6 nitrogen and oxygen atoms in total. The Morgan fingerprint density at radius 1 is 1.35 bits per heavy atom. The zero-order valence-electron chi connectivity index (χ0n) is 15.2. The minimum absolute atomic E-state index is 0.0735. The number of hydrogen-bond donors (Lipinski definition) is 0. The fourth-order valence-corrected chi connectivity index (χ4v) is 3.34. The van der Waals surface area contributed by atoms with Crippen molar-refractivity contribution in [3.05, 3.63) is 47.1 Å². The summed E-state index contributed by atoms with van der Waals surface area (Å²) in [5.41, 5.74) is 1.83. The molecule has 2 fully saturated rings. The number of likely N-dealkylation sites (tertiary alicyclic amines) is 1. The third-order valence-corrected chi connectivity index (χ3v) is 5.09. The Morgan fingerprint density at radius 2 is 2.23 bits per heavy atom. The van der Waals surface area contributed by atoms with E-state index >= 15 is 0 Å². The standard InChI is InChI=1S/C20H25N3O3/c1-14-3-2-4-16(11-14)20(24)23-9-7-17(12-23)19-21-18(22-26-19)8-10-25-13-15-5-6-15/h2-4,11,15,17H,5-10,12-13H2,1H3. The molecule has 0 radical (unpaired) electrons. The predicted octanol–water partition coefficient (Wildman–Crippen LogP) is 2.98. The third-order valence-electron chi connectivity index (χ3n) is 5.09. The van der Waals surface area contributed by atoms with Gasteiger partial charge in [0.15, 0.2) is 5.82 Å². The fourth-order valence-electron chi connectivity index (χ4n) is 3.34. The third kappa shape index (κ3) is 4.12. The molecule has 2 heterocycles. The normalized spacial score (nSPS) is 19.9. The first-order valence-corrected chi connectivity index (χ1v) is 9.45. The summed E-state index contributed by atoms with van der Waals surface area (Å²) in [4.78, 5) is 19.0. The Labute approximate surface area is 153 Å². The second-order valence-corrected chi connectivity index (χ2v) is 7.42. The van der Waals surface area contributed by atoms with Gasteiger partial charge in [-0.05, 0) is 44.2 Å². The van der Waals surface area contributed by atoms with Gasteiger partial charge in [0.05, 0.1) is 12.5 Å². The molecule has 1 aliphatic carbocycles. The van der Waals surface area contributed by atoms with E-state index in [9.17, 15) is 4.79 Å².